The summed E-state index contributed by atoms with van der Waals surface area (Å²) < 4.78 is 0. The highest BCUT2D eigenvalue weighted by Crippen LogP contribution is 2.37. The minimum absolute atomic E-state index is 0. The van der Waals surface area contributed by atoms with Gasteiger partial charge in [-0.25, -0.2) is 0 Å². The summed E-state index contributed by atoms with van der Waals surface area (Å²) in [6, 6.07) is 7.90. The minimum atomic E-state index is 0. The van der Waals surface area contributed by atoms with Gasteiger partial charge in [0, 0.05) is 5.02 Å². The first-order chi connectivity index (χ1) is 8.70. The predicted octanol–water partition coefficient (Wildman–Crippen LogP) is 2.94. The van der Waals surface area contributed by atoms with Crippen LogP contribution in [0.3, 0.4) is 0 Å². The van der Waals surface area contributed by atoms with Gasteiger partial charge in [0.2, 0.25) is 5.91 Å². The number of halogens is 2. The van der Waals surface area contributed by atoms with Gasteiger partial charge >= 0.3 is 0 Å². The average molecular weight is 303 g/mol. The summed E-state index contributed by atoms with van der Waals surface area (Å²) >= 11 is 5.90. The number of carbonyl (C=O) groups is 1. The Balaban J connectivity index is 0.00000180. The van der Waals surface area contributed by atoms with Gasteiger partial charge in [-0.2, -0.15) is 0 Å². The number of carbonyl (C=O) groups excluding carboxylic acids is 1. The van der Waals surface area contributed by atoms with E-state index < -0.39 is 0 Å². The van der Waals surface area contributed by atoms with Gasteiger partial charge < -0.3 is 10.6 Å². The second-order valence-electron chi connectivity index (χ2n) is 4.82. The van der Waals surface area contributed by atoms with Crippen LogP contribution in [0.15, 0.2) is 24.3 Å². The van der Waals surface area contributed by atoms with Crippen LogP contribution in [-0.4, -0.2) is 19.5 Å². The van der Waals surface area contributed by atoms with Gasteiger partial charge in [-0.15, -0.1) is 12.4 Å². The maximum Gasteiger partial charge on any atom is 0.234 e. The molecule has 0 spiro atoms. The Morgan fingerprint density at radius 1 is 1.37 bits per heavy atom. The molecule has 3 nitrogen and oxygen atoms in total. The molecule has 1 aromatic carbocycles. The quantitative estimate of drug-likeness (QED) is 0.878. The number of hydrogen-bond donors (Lipinski definition) is 2. The summed E-state index contributed by atoms with van der Waals surface area (Å²) in [5, 5.41) is 6.72. The van der Waals surface area contributed by atoms with Crippen molar-refractivity contribution in [2.75, 3.05) is 13.6 Å². The van der Waals surface area contributed by atoms with E-state index >= 15 is 0 Å². The topological polar surface area (TPSA) is 41.1 Å². The van der Waals surface area contributed by atoms with Crippen molar-refractivity contribution in [3.8, 4) is 0 Å². The van der Waals surface area contributed by atoms with E-state index in [-0.39, 0.29) is 24.4 Å². The minimum Gasteiger partial charge on any atom is -0.348 e. The number of hydrogen-bond acceptors (Lipinski definition) is 2. The molecule has 19 heavy (non-hydrogen) atoms. The molecule has 1 unspecified atom stereocenters. The second kappa shape index (κ2) is 7.73. The number of amides is 1. The summed E-state index contributed by atoms with van der Waals surface area (Å²) in [7, 11) is 1.78. The molecule has 0 bridgehead atoms. The molecule has 1 aliphatic carbocycles. The number of rotatable bonds is 5. The lowest BCUT2D eigenvalue weighted by atomic mass is 9.77. The third-order valence-electron chi connectivity index (χ3n) is 3.50. The SMILES string of the molecule is CNCC(=O)NC(c1ccc(Cl)cc1)C1CCC1.Cl. The molecule has 0 radical (unpaired) electrons. The van der Waals surface area contributed by atoms with Crippen LogP contribution >= 0.6 is 24.0 Å². The molecule has 0 saturated heterocycles. The van der Waals surface area contributed by atoms with Gasteiger partial charge in [-0.05, 0) is 43.5 Å². The van der Waals surface area contributed by atoms with Gasteiger partial charge in [0.15, 0.2) is 0 Å². The average Bonchev–Trinajstić information content (AvgIpc) is 2.27. The van der Waals surface area contributed by atoms with Crippen LogP contribution < -0.4 is 10.6 Å². The Kier molecular flexibility index (Phi) is 6.63. The van der Waals surface area contributed by atoms with Crippen LogP contribution in [0.25, 0.3) is 0 Å². The van der Waals surface area contributed by atoms with Gasteiger partial charge in [0.05, 0.1) is 12.6 Å². The van der Waals surface area contributed by atoms with Crippen molar-refractivity contribution in [3.05, 3.63) is 34.9 Å². The Hall–Kier alpha value is -0.770. The summed E-state index contributed by atoms with van der Waals surface area (Å²) in [4.78, 5) is 11.7. The molecule has 0 heterocycles. The zero-order valence-electron chi connectivity index (χ0n) is 11.0. The lowest BCUT2D eigenvalue weighted by Crippen LogP contribution is -2.40. The molecule has 1 amide bonds. The second-order valence-corrected chi connectivity index (χ2v) is 5.25. The Bertz CT molecular complexity index is 404. The van der Waals surface area contributed by atoms with Crippen LogP contribution in [0, 0.1) is 5.92 Å². The Morgan fingerprint density at radius 2 is 2.00 bits per heavy atom. The third kappa shape index (κ3) is 4.37. The number of likely N-dealkylation sites (N-methyl/N-ethyl adjacent to an activating group) is 1. The highest BCUT2D eigenvalue weighted by atomic mass is 35.5. The lowest BCUT2D eigenvalue weighted by molar-refractivity contribution is -0.121. The molecule has 2 rings (SSSR count). The van der Waals surface area contributed by atoms with Crippen molar-refractivity contribution < 1.29 is 4.79 Å². The molecular formula is C14H20Cl2N2O. The van der Waals surface area contributed by atoms with Gasteiger partial charge in [-0.3, -0.25) is 4.79 Å². The predicted molar refractivity (Wildman–Crippen MR) is 80.9 cm³/mol. The molecule has 1 saturated carbocycles. The third-order valence-corrected chi connectivity index (χ3v) is 3.76. The fourth-order valence-electron chi connectivity index (χ4n) is 2.30. The highest BCUT2D eigenvalue weighted by molar-refractivity contribution is 6.30. The molecule has 106 valence electrons. The van der Waals surface area contributed by atoms with Crippen LogP contribution in [-0.2, 0) is 4.79 Å². The van der Waals surface area contributed by atoms with E-state index in [0.29, 0.717) is 12.5 Å². The fourth-order valence-corrected chi connectivity index (χ4v) is 2.43. The van der Waals surface area contributed by atoms with Crippen LogP contribution in [0.2, 0.25) is 5.02 Å². The highest BCUT2D eigenvalue weighted by Gasteiger charge is 2.29. The first-order valence-electron chi connectivity index (χ1n) is 6.40. The summed E-state index contributed by atoms with van der Waals surface area (Å²) in [6.07, 6.45) is 3.64. The van der Waals surface area contributed by atoms with Crippen LogP contribution in [0.5, 0.6) is 0 Å². The number of nitrogens with one attached hydrogen (secondary N) is 2. The van der Waals surface area contributed by atoms with E-state index in [1.807, 2.05) is 24.3 Å². The fraction of sp³-hybridized carbons (Fsp3) is 0.500. The van der Waals surface area contributed by atoms with E-state index in [9.17, 15) is 4.79 Å². The van der Waals surface area contributed by atoms with Crippen LogP contribution in [0.4, 0.5) is 0 Å². The number of benzene rings is 1. The molecular weight excluding hydrogens is 283 g/mol. The molecule has 0 aliphatic heterocycles. The maximum atomic E-state index is 11.7. The van der Waals surface area contributed by atoms with Crippen molar-refractivity contribution in [2.24, 2.45) is 5.92 Å². The van der Waals surface area contributed by atoms with Gasteiger partial charge in [0.1, 0.15) is 0 Å². The van der Waals surface area contributed by atoms with Gasteiger partial charge in [-0.1, -0.05) is 30.2 Å². The smallest absolute Gasteiger partial charge is 0.234 e. The van der Waals surface area contributed by atoms with E-state index in [2.05, 4.69) is 10.6 Å². The van der Waals surface area contributed by atoms with Crippen molar-refractivity contribution in [3.63, 3.8) is 0 Å². The van der Waals surface area contributed by atoms with Crippen molar-refractivity contribution >= 4 is 29.9 Å². The molecule has 1 atom stereocenters. The molecule has 5 heteroatoms. The zero-order valence-corrected chi connectivity index (χ0v) is 12.6. The molecule has 2 N–H and O–H groups in total. The molecule has 1 aliphatic rings. The Labute approximate surface area is 125 Å². The van der Waals surface area contributed by atoms with E-state index in [4.69, 9.17) is 11.6 Å². The first-order valence-corrected chi connectivity index (χ1v) is 6.78. The Morgan fingerprint density at radius 3 is 2.47 bits per heavy atom. The van der Waals surface area contributed by atoms with Crippen LogP contribution in [0.1, 0.15) is 30.9 Å². The van der Waals surface area contributed by atoms with Crippen molar-refractivity contribution in [2.45, 2.75) is 25.3 Å². The van der Waals surface area contributed by atoms with E-state index in [1.165, 1.54) is 19.3 Å². The summed E-state index contributed by atoms with van der Waals surface area (Å²) in [6.45, 7) is 0.358. The summed E-state index contributed by atoms with van der Waals surface area (Å²) in [5.74, 6) is 0.608. The maximum absolute atomic E-state index is 11.7. The normalized spacial score (nSPS) is 16.1. The molecule has 0 aromatic heterocycles. The zero-order chi connectivity index (χ0) is 13.0. The van der Waals surface area contributed by atoms with E-state index in [0.717, 1.165) is 10.6 Å². The van der Waals surface area contributed by atoms with Crippen molar-refractivity contribution in [1.29, 1.82) is 0 Å². The van der Waals surface area contributed by atoms with Gasteiger partial charge in [0.25, 0.3) is 0 Å². The molecule has 1 fully saturated rings. The standard InChI is InChI=1S/C14H19ClN2O.ClH/c1-16-9-13(18)17-14(10-3-2-4-10)11-5-7-12(15)8-6-11;/h5-8,10,14,16H,2-4,9H2,1H3,(H,17,18);1H. The monoisotopic (exact) mass is 302 g/mol. The first kappa shape index (κ1) is 16.3. The van der Waals surface area contributed by atoms with E-state index in [1.54, 1.807) is 7.05 Å². The largest absolute Gasteiger partial charge is 0.348 e. The van der Waals surface area contributed by atoms with Crippen molar-refractivity contribution in [1.82, 2.24) is 10.6 Å². The molecule has 1 aromatic rings. The lowest BCUT2D eigenvalue weighted by Gasteiger charge is -2.34. The summed E-state index contributed by atoms with van der Waals surface area (Å²) in [5.41, 5.74) is 1.15.